The van der Waals surface area contributed by atoms with Gasteiger partial charge in [-0.15, -0.1) is 24.0 Å². The third-order valence-corrected chi connectivity index (χ3v) is 4.98. The van der Waals surface area contributed by atoms with Gasteiger partial charge in [0, 0.05) is 19.1 Å². The molecule has 0 amide bonds. The standard InChI is InChI=1S/C16H32N4O.HI/c1-3-14(4-2)15(19-7-5-6-8-19)13-18-16(17)20-9-11-21-12-10-20;/h14-15H,3-13H2,1-2H3,(H2,17,18);1H. The zero-order chi connectivity index (χ0) is 15.1. The number of nitrogens with two attached hydrogens (primary N) is 1. The number of halogens is 1. The third kappa shape index (κ3) is 5.53. The van der Waals surface area contributed by atoms with Crippen LogP contribution >= 0.6 is 24.0 Å². The molecule has 0 aromatic rings. The number of morpholine rings is 1. The lowest BCUT2D eigenvalue weighted by molar-refractivity contribution is 0.0672. The van der Waals surface area contributed by atoms with Crippen LogP contribution in [0.3, 0.4) is 0 Å². The first-order valence-corrected chi connectivity index (χ1v) is 8.62. The summed E-state index contributed by atoms with van der Waals surface area (Å²) >= 11 is 0. The number of nitrogens with zero attached hydrogens (tertiary/aromatic N) is 3. The summed E-state index contributed by atoms with van der Waals surface area (Å²) in [6.07, 6.45) is 5.12. The Morgan fingerprint density at radius 2 is 1.68 bits per heavy atom. The molecule has 0 aromatic carbocycles. The van der Waals surface area contributed by atoms with Gasteiger partial charge < -0.3 is 15.4 Å². The van der Waals surface area contributed by atoms with Crippen LogP contribution < -0.4 is 5.73 Å². The number of hydrogen-bond acceptors (Lipinski definition) is 3. The smallest absolute Gasteiger partial charge is 0.191 e. The van der Waals surface area contributed by atoms with Gasteiger partial charge in [-0.25, -0.2) is 0 Å². The summed E-state index contributed by atoms with van der Waals surface area (Å²) < 4.78 is 5.37. The Bertz CT molecular complexity index is 322. The molecule has 0 aromatic heterocycles. The molecule has 0 spiro atoms. The SMILES string of the molecule is CCC(CC)C(CN=C(N)N1CCOCC1)N1CCCC1.I. The van der Waals surface area contributed by atoms with Crippen LogP contribution in [-0.4, -0.2) is 67.7 Å². The molecule has 2 heterocycles. The van der Waals surface area contributed by atoms with E-state index in [4.69, 9.17) is 15.5 Å². The normalized spacial score (nSPS) is 22.0. The first-order valence-electron chi connectivity index (χ1n) is 8.62. The Kier molecular flexibility index (Phi) is 9.66. The van der Waals surface area contributed by atoms with E-state index < -0.39 is 0 Å². The van der Waals surface area contributed by atoms with E-state index in [-0.39, 0.29) is 24.0 Å². The topological polar surface area (TPSA) is 54.1 Å². The second kappa shape index (κ2) is 10.6. The second-order valence-corrected chi connectivity index (χ2v) is 6.19. The van der Waals surface area contributed by atoms with Gasteiger partial charge in [-0.05, 0) is 31.8 Å². The van der Waals surface area contributed by atoms with Crippen LogP contribution in [0.15, 0.2) is 4.99 Å². The van der Waals surface area contributed by atoms with Crippen molar-refractivity contribution in [1.82, 2.24) is 9.80 Å². The number of aliphatic imine (C=N–C) groups is 1. The fourth-order valence-electron chi connectivity index (χ4n) is 3.55. The Balaban J connectivity index is 0.00000242. The van der Waals surface area contributed by atoms with E-state index >= 15 is 0 Å². The maximum atomic E-state index is 6.18. The van der Waals surface area contributed by atoms with Crippen LogP contribution in [0.4, 0.5) is 0 Å². The van der Waals surface area contributed by atoms with E-state index in [1.807, 2.05) is 0 Å². The number of ether oxygens (including phenoxy) is 1. The number of guanidine groups is 1. The molecule has 6 heteroatoms. The molecule has 2 fully saturated rings. The summed E-state index contributed by atoms with van der Waals surface area (Å²) in [7, 11) is 0. The summed E-state index contributed by atoms with van der Waals surface area (Å²) in [6.45, 7) is 11.2. The van der Waals surface area contributed by atoms with E-state index in [0.717, 1.165) is 38.8 Å². The molecular formula is C16H33IN4O. The average Bonchev–Trinajstić information content (AvgIpc) is 3.06. The highest BCUT2D eigenvalue weighted by Crippen LogP contribution is 2.23. The van der Waals surface area contributed by atoms with Crippen molar-refractivity contribution in [3.63, 3.8) is 0 Å². The van der Waals surface area contributed by atoms with Gasteiger partial charge in [-0.2, -0.15) is 0 Å². The van der Waals surface area contributed by atoms with Gasteiger partial charge in [0.05, 0.1) is 19.8 Å². The Morgan fingerprint density at radius 3 is 2.23 bits per heavy atom. The lowest BCUT2D eigenvalue weighted by Crippen LogP contribution is -2.46. The molecule has 2 N–H and O–H groups in total. The van der Waals surface area contributed by atoms with Crippen molar-refractivity contribution in [3.05, 3.63) is 0 Å². The molecule has 130 valence electrons. The van der Waals surface area contributed by atoms with Crippen LogP contribution in [0.25, 0.3) is 0 Å². The molecule has 1 unspecified atom stereocenters. The molecular weight excluding hydrogens is 391 g/mol. The van der Waals surface area contributed by atoms with Crippen molar-refractivity contribution in [2.24, 2.45) is 16.6 Å². The van der Waals surface area contributed by atoms with Gasteiger partial charge >= 0.3 is 0 Å². The van der Waals surface area contributed by atoms with Crippen molar-refractivity contribution >= 4 is 29.9 Å². The van der Waals surface area contributed by atoms with Gasteiger partial charge in [0.15, 0.2) is 5.96 Å². The monoisotopic (exact) mass is 424 g/mol. The van der Waals surface area contributed by atoms with Crippen molar-refractivity contribution in [1.29, 1.82) is 0 Å². The molecule has 5 nitrogen and oxygen atoms in total. The molecule has 0 radical (unpaired) electrons. The summed E-state index contributed by atoms with van der Waals surface area (Å²) in [5, 5.41) is 0. The molecule has 0 bridgehead atoms. The highest BCUT2D eigenvalue weighted by molar-refractivity contribution is 14.0. The molecule has 22 heavy (non-hydrogen) atoms. The minimum atomic E-state index is 0. The van der Waals surface area contributed by atoms with E-state index in [0.29, 0.717) is 12.0 Å². The highest BCUT2D eigenvalue weighted by atomic mass is 127. The van der Waals surface area contributed by atoms with Gasteiger partial charge in [0.25, 0.3) is 0 Å². The number of likely N-dealkylation sites (tertiary alicyclic amines) is 1. The maximum Gasteiger partial charge on any atom is 0.191 e. The zero-order valence-corrected chi connectivity index (χ0v) is 16.5. The first kappa shape index (κ1) is 20.0. The number of hydrogen-bond donors (Lipinski definition) is 1. The molecule has 0 aliphatic carbocycles. The quantitative estimate of drug-likeness (QED) is 0.404. The Labute approximate surface area is 152 Å². The van der Waals surface area contributed by atoms with Crippen LogP contribution in [0.2, 0.25) is 0 Å². The third-order valence-electron chi connectivity index (χ3n) is 4.98. The van der Waals surface area contributed by atoms with Crippen LogP contribution in [0.1, 0.15) is 39.5 Å². The maximum absolute atomic E-state index is 6.18. The lowest BCUT2D eigenvalue weighted by atomic mass is 9.93. The van der Waals surface area contributed by atoms with Gasteiger partial charge in [0.2, 0.25) is 0 Å². The zero-order valence-electron chi connectivity index (χ0n) is 14.2. The predicted molar refractivity (Wildman–Crippen MR) is 103 cm³/mol. The van der Waals surface area contributed by atoms with Gasteiger partial charge in [-0.3, -0.25) is 9.89 Å². The van der Waals surface area contributed by atoms with Gasteiger partial charge in [-0.1, -0.05) is 26.7 Å². The molecule has 2 rings (SSSR count). The lowest BCUT2D eigenvalue weighted by Gasteiger charge is -2.33. The van der Waals surface area contributed by atoms with E-state index in [1.54, 1.807) is 0 Å². The van der Waals surface area contributed by atoms with E-state index in [2.05, 4.69) is 23.6 Å². The summed E-state index contributed by atoms with van der Waals surface area (Å²) in [4.78, 5) is 9.52. The fraction of sp³-hybridized carbons (Fsp3) is 0.938. The summed E-state index contributed by atoms with van der Waals surface area (Å²) in [5.41, 5.74) is 6.18. The highest BCUT2D eigenvalue weighted by Gasteiger charge is 2.27. The minimum absolute atomic E-state index is 0. The summed E-state index contributed by atoms with van der Waals surface area (Å²) in [6, 6.07) is 0.557. The fourth-order valence-corrected chi connectivity index (χ4v) is 3.55. The minimum Gasteiger partial charge on any atom is -0.378 e. The predicted octanol–water partition coefficient (Wildman–Crippen LogP) is 2.15. The molecule has 2 aliphatic rings. The van der Waals surface area contributed by atoms with Crippen molar-refractivity contribution in [3.8, 4) is 0 Å². The molecule has 2 aliphatic heterocycles. The van der Waals surface area contributed by atoms with Crippen molar-refractivity contribution < 1.29 is 4.74 Å². The second-order valence-electron chi connectivity index (χ2n) is 6.19. The van der Waals surface area contributed by atoms with E-state index in [9.17, 15) is 0 Å². The average molecular weight is 424 g/mol. The first-order chi connectivity index (χ1) is 10.3. The van der Waals surface area contributed by atoms with Gasteiger partial charge in [0.1, 0.15) is 0 Å². The van der Waals surface area contributed by atoms with Crippen molar-refractivity contribution in [2.45, 2.75) is 45.6 Å². The number of rotatable bonds is 6. The molecule has 0 saturated carbocycles. The van der Waals surface area contributed by atoms with Crippen LogP contribution in [-0.2, 0) is 4.74 Å². The van der Waals surface area contributed by atoms with Crippen molar-refractivity contribution in [2.75, 3.05) is 45.9 Å². The Morgan fingerprint density at radius 1 is 1.09 bits per heavy atom. The van der Waals surface area contributed by atoms with E-state index in [1.165, 1.54) is 38.8 Å². The molecule has 1 atom stereocenters. The Hall–Kier alpha value is -0.0800. The summed E-state index contributed by atoms with van der Waals surface area (Å²) in [5.74, 6) is 1.43. The van der Waals surface area contributed by atoms with Crippen LogP contribution in [0.5, 0.6) is 0 Å². The largest absolute Gasteiger partial charge is 0.378 e. The van der Waals surface area contributed by atoms with Crippen LogP contribution in [0, 0.1) is 5.92 Å². The molecule has 2 saturated heterocycles.